The van der Waals surface area contributed by atoms with Crippen LogP contribution in [0.5, 0.6) is 5.75 Å². The van der Waals surface area contributed by atoms with Gasteiger partial charge in [0.2, 0.25) is 10.0 Å². The van der Waals surface area contributed by atoms with Crippen molar-refractivity contribution in [3.63, 3.8) is 0 Å². The summed E-state index contributed by atoms with van der Waals surface area (Å²) in [6, 6.07) is 12.5. The highest BCUT2D eigenvalue weighted by Crippen LogP contribution is 2.40. The molecular weight excluding hydrogens is 473 g/mol. The van der Waals surface area contributed by atoms with E-state index in [9.17, 15) is 26.4 Å². The van der Waals surface area contributed by atoms with E-state index < -0.39 is 22.1 Å². The van der Waals surface area contributed by atoms with E-state index in [1.807, 2.05) is 0 Å². The van der Waals surface area contributed by atoms with Gasteiger partial charge in [0.1, 0.15) is 11.4 Å². The molecule has 2 aromatic carbocycles. The molecule has 12 heteroatoms. The lowest BCUT2D eigenvalue weighted by atomic mass is 10.0. The first-order chi connectivity index (χ1) is 16.0. The first-order valence-electron chi connectivity index (χ1n) is 10.2. The molecule has 0 bridgehead atoms. The Morgan fingerprint density at radius 3 is 2.41 bits per heavy atom. The number of nitrogens with two attached hydrogens (primary N) is 2. The normalized spacial score (nSPS) is 16.1. The minimum Gasteiger partial charge on any atom is -0.406 e. The van der Waals surface area contributed by atoms with Crippen molar-refractivity contribution in [3.05, 3.63) is 60.3 Å². The highest BCUT2D eigenvalue weighted by Gasteiger charge is 2.33. The topological polar surface area (TPSA) is 129 Å². The van der Waals surface area contributed by atoms with Gasteiger partial charge in [0, 0.05) is 12.1 Å². The molecule has 0 spiro atoms. The molecule has 1 aliphatic rings. The van der Waals surface area contributed by atoms with E-state index in [1.165, 1.54) is 42.5 Å². The number of nitrogens with zero attached hydrogens (tertiary/aromatic N) is 1. The van der Waals surface area contributed by atoms with E-state index in [0.717, 1.165) is 0 Å². The van der Waals surface area contributed by atoms with Gasteiger partial charge in [-0.15, -0.1) is 13.2 Å². The molecule has 180 valence electrons. The average Bonchev–Trinajstić information content (AvgIpc) is 3.16. The molecule has 8 nitrogen and oxygen atoms in total. The third-order valence-electron chi connectivity index (χ3n) is 5.47. The van der Waals surface area contributed by atoms with E-state index >= 15 is 0 Å². The fourth-order valence-corrected chi connectivity index (χ4v) is 4.59. The minimum atomic E-state index is -4.86. The van der Waals surface area contributed by atoms with E-state index in [4.69, 9.17) is 10.9 Å². The minimum absolute atomic E-state index is 0.0972. The molecular formula is C22H21F3N4O4S. The second kappa shape index (κ2) is 8.78. The van der Waals surface area contributed by atoms with Crippen LogP contribution in [0, 0.1) is 0 Å². The van der Waals surface area contributed by atoms with Crippen LogP contribution in [0.15, 0.2) is 59.5 Å². The first-order valence-corrected chi connectivity index (χ1v) is 11.8. The summed E-state index contributed by atoms with van der Waals surface area (Å²) in [6.45, 7) is 0.656. The lowest BCUT2D eigenvalue weighted by molar-refractivity contribution is -0.274. The molecule has 1 aliphatic heterocycles. The molecule has 0 unspecified atom stereocenters. The zero-order valence-electron chi connectivity index (χ0n) is 17.7. The van der Waals surface area contributed by atoms with Crippen LogP contribution in [0.25, 0.3) is 22.4 Å². The van der Waals surface area contributed by atoms with Gasteiger partial charge in [0.05, 0.1) is 16.6 Å². The maximum Gasteiger partial charge on any atom is 0.573 e. The Balaban J connectivity index is 1.94. The Kier molecular flexibility index (Phi) is 6.14. The number of nitrogens with one attached hydrogen (secondary N) is 1. The number of rotatable bonds is 6. The number of ether oxygens (including phenoxy) is 1. The van der Waals surface area contributed by atoms with Crippen molar-refractivity contribution in [1.82, 2.24) is 9.88 Å². The van der Waals surface area contributed by atoms with Crippen molar-refractivity contribution in [2.24, 2.45) is 10.9 Å². The zero-order chi connectivity index (χ0) is 24.7. The number of hydrogen-bond acceptors (Lipinski definition) is 5. The molecule has 34 heavy (non-hydrogen) atoms. The smallest absolute Gasteiger partial charge is 0.406 e. The zero-order valence-corrected chi connectivity index (χ0v) is 18.5. The van der Waals surface area contributed by atoms with Crippen LogP contribution in [0.3, 0.4) is 0 Å². The van der Waals surface area contributed by atoms with Gasteiger partial charge in [-0.3, -0.25) is 4.79 Å². The summed E-state index contributed by atoms with van der Waals surface area (Å²) in [5, 5.41) is 8.00. The molecule has 0 saturated carbocycles. The number of halogens is 3. The van der Waals surface area contributed by atoms with Gasteiger partial charge in [0.25, 0.3) is 5.91 Å². The summed E-state index contributed by atoms with van der Waals surface area (Å²) in [7, 11) is -3.93. The molecule has 4 rings (SSSR count). The van der Waals surface area contributed by atoms with Crippen molar-refractivity contribution in [2.75, 3.05) is 13.1 Å². The molecule has 0 aliphatic carbocycles. The number of carbonyl (C=O) groups excluding carboxylic acids is 1. The number of fused-ring (bicyclic) bond motifs is 1. The quantitative estimate of drug-likeness (QED) is 0.485. The summed E-state index contributed by atoms with van der Waals surface area (Å²) in [4.78, 5) is 12.6. The Labute approximate surface area is 193 Å². The monoisotopic (exact) mass is 494 g/mol. The fourth-order valence-electron chi connectivity index (χ4n) is 4.07. The van der Waals surface area contributed by atoms with Crippen molar-refractivity contribution in [3.8, 4) is 28.1 Å². The third-order valence-corrected chi connectivity index (χ3v) is 6.40. The van der Waals surface area contributed by atoms with Gasteiger partial charge in [-0.05, 0) is 54.4 Å². The van der Waals surface area contributed by atoms with Crippen LogP contribution in [0.4, 0.5) is 13.2 Å². The lowest BCUT2D eigenvalue weighted by Crippen LogP contribution is -2.39. The van der Waals surface area contributed by atoms with Crippen molar-refractivity contribution < 1.29 is 31.1 Å². The number of hydrogen-bond donors (Lipinski definition) is 3. The van der Waals surface area contributed by atoms with E-state index in [-0.39, 0.29) is 16.8 Å². The number of carbonyl (C=O) groups is 1. The highest BCUT2D eigenvalue weighted by atomic mass is 32.2. The Morgan fingerprint density at radius 2 is 1.79 bits per heavy atom. The highest BCUT2D eigenvalue weighted by molar-refractivity contribution is 7.89. The standard InChI is InChI=1S/C22H21F3N4O4S/c23-22(24,25)33-16-3-1-2-14(10-16)18-11-19-21(30)28-12-15(8-9-26)29(19)20(18)13-4-6-17(7-5-13)34(27,31)32/h1-7,10-11,15H,8-9,12,26H2,(H,28,30)(H2,27,31,32)/t15-/m0/s1. The SMILES string of the molecule is NCC[C@H]1CNC(=O)c2cc(-c3cccc(OC(F)(F)F)c3)c(-c3ccc(S(N)(=O)=O)cc3)n21. The molecule has 1 amide bonds. The van der Waals surface area contributed by atoms with Gasteiger partial charge in [-0.1, -0.05) is 24.3 Å². The largest absolute Gasteiger partial charge is 0.573 e. The second-order valence-corrected chi connectivity index (χ2v) is 9.31. The molecule has 5 N–H and O–H groups in total. The maximum atomic E-state index is 12.8. The van der Waals surface area contributed by atoms with E-state index in [1.54, 1.807) is 16.7 Å². The molecule has 1 aromatic heterocycles. The van der Waals surface area contributed by atoms with Gasteiger partial charge in [-0.2, -0.15) is 0 Å². The molecule has 3 aromatic rings. The van der Waals surface area contributed by atoms with Gasteiger partial charge in [0.15, 0.2) is 0 Å². The third kappa shape index (κ3) is 4.79. The fraction of sp³-hybridized carbons (Fsp3) is 0.227. The summed E-state index contributed by atoms with van der Waals surface area (Å²) in [5.74, 6) is -0.753. The van der Waals surface area contributed by atoms with Crippen LogP contribution in [-0.4, -0.2) is 38.3 Å². The maximum absolute atomic E-state index is 12.8. The number of primary sulfonamides is 1. The number of benzene rings is 2. The van der Waals surface area contributed by atoms with E-state index in [2.05, 4.69) is 10.1 Å². The molecule has 2 heterocycles. The van der Waals surface area contributed by atoms with Crippen LogP contribution in [-0.2, 0) is 10.0 Å². The van der Waals surface area contributed by atoms with E-state index in [0.29, 0.717) is 47.6 Å². The van der Waals surface area contributed by atoms with Crippen LogP contribution in [0.1, 0.15) is 23.0 Å². The van der Waals surface area contributed by atoms with Gasteiger partial charge in [-0.25, -0.2) is 13.6 Å². The summed E-state index contributed by atoms with van der Waals surface area (Å²) < 4.78 is 67.6. The Hall–Kier alpha value is -3.35. The number of aromatic nitrogens is 1. The predicted molar refractivity (Wildman–Crippen MR) is 118 cm³/mol. The summed E-state index contributed by atoms with van der Waals surface area (Å²) in [5.41, 5.74) is 8.03. The molecule has 0 fully saturated rings. The van der Waals surface area contributed by atoms with Gasteiger partial charge < -0.3 is 20.4 Å². The second-order valence-electron chi connectivity index (χ2n) is 7.75. The Morgan fingerprint density at radius 1 is 1.09 bits per heavy atom. The van der Waals surface area contributed by atoms with Crippen molar-refractivity contribution in [2.45, 2.75) is 23.7 Å². The number of sulfonamides is 1. The molecule has 0 saturated heterocycles. The summed E-state index contributed by atoms with van der Waals surface area (Å²) >= 11 is 0. The van der Waals surface area contributed by atoms with Crippen LogP contribution < -0.4 is 20.9 Å². The van der Waals surface area contributed by atoms with Crippen LogP contribution >= 0.6 is 0 Å². The molecule has 0 radical (unpaired) electrons. The van der Waals surface area contributed by atoms with Crippen molar-refractivity contribution in [1.29, 1.82) is 0 Å². The van der Waals surface area contributed by atoms with Crippen molar-refractivity contribution >= 4 is 15.9 Å². The number of alkyl halides is 3. The van der Waals surface area contributed by atoms with Crippen LogP contribution in [0.2, 0.25) is 0 Å². The Bertz CT molecular complexity index is 1340. The average molecular weight is 494 g/mol. The predicted octanol–water partition coefficient (Wildman–Crippen LogP) is 3.00. The first kappa shape index (κ1) is 23.8. The lowest BCUT2D eigenvalue weighted by Gasteiger charge is -2.28. The van der Waals surface area contributed by atoms with Gasteiger partial charge >= 0.3 is 6.36 Å². The molecule has 1 atom stereocenters. The summed E-state index contributed by atoms with van der Waals surface area (Å²) in [6.07, 6.45) is -4.34. The number of amides is 1.